The number of tetrazole rings is 1. The van der Waals surface area contributed by atoms with Crippen LogP contribution in [-0.4, -0.2) is 30.2 Å². The van der Waals surface area contributed by atoms with Crippen molar-refractivity contribution in [1.29, 1.82) is 0 Å². The lowest BCUT2D eigenvalue weighted by molar-refractivity contribution is 0.535. The zero-order chi connectivity index (χ0) is 16.2. The van der Waals surface area contributed by atoms with Crippen LogP contribution in [0.15, 0.2) is 18.5 Å². The van der Waals surface area contributed by atoms with Crippen LogP contribution in [0.4, 0.5) is 10.2 Å². The molecule has 0 aliphatic rings. The number of aromatic nitrogens is 6. The predicted octanol–water partition coefficient (Wildman–Crippen LogP) is 2.82. The van der Waals surface area contributed by atoms with Crippen LogP contribution in [0.2, 0.25) is 5.02 Å². The van der Waals surface area contributed by atoms with E-state index in [-0.39, 0.29) is 5.02 Å². The molecule has 1 N–H and O–H groups in total. The van der Waals surface area contributed by atoms with E-state index in [1.54, 1.807) is 4.68 Å². The molecule has 0 fully saturated rings. The number of rotatable bonds is 6. The van der Waals surface area contributed by atoms with Crippen LogP contribution in [0.3, 0.4) is 0 Å². The minimum absolute atomic E-state index is 0.0330. The highest BCUT2D eigenvalue weighted by Gasteiger charge is 2.10. The van der Waals surface area contributed by atoms with Gasteiger partial charge in [-0.15, -0.1) is 5.10 Å². The van der Waals surface area contributed by atoms with Crippen LogP contribution >= 0.6 is 11.6 Å². The normalized spacial score (nSPS) is 11.1. The molecule has 0 atom stereocenters. The van der Waals surface area contributed by atoms with E-state index in [0.29, 0.717) is 29.1 Å². The van der Waals surface area contributed by atoms with Crippen LogP contribution in [0.5, 0.6) is 0 Å². The lowest BCUT2D eigenvalue weighted by atomic mass is 10.2. The van der Waals surface area contributed by atoms with Crippen LogP contribution in [0.1, 0.15) is 25.6 Å². The summed E-state index contributed by atoms with van der Waals surface area (Å²) in [6.07, 6.45) is 3.46. The number of hydrogen-bond donors (Lipinski definition) is 1. The lowest BCUT2D eigenvalue weighted by Gasteiger charge is -2.09. The highest BCUT2D eigenvalue weighted by atomic mass is 35.5. The van der Waals surface area contributed by atoms with Crippen molar-refractivity contribution in [3.05, 3.63) is 35.1 Å². The van der Waals surface area contributed by atoms with Crippen molar-refractivity contribution >= 4 is 28.3 Å². The minimum Gasteiger partial charge on any atom is -0.362 e. The molecule has 23 heavy (non-hydrogen) atoms. The summed E-state index contributed by atoms with van der Waals surface area (Å²) >= 11 is 5.78. The third-order valence-electron chi connectivity index (χ3n) is 3.42. The molecule has 2 heterocycles. The van der Waals surface area contributed by atoms with Gasteiger partial charge >= 0.3 is 0 Å². The first-order chi connectivity index (χ1) is 11.2. The van der Waals surface area contributed by atoms with Crippen LogP contribution < -0.4 is 5.32 Å². The Kier molecular flexibility index (Phi) is 4.61. The Hall–Kier alpha value is -2.35. The molecule has 0 amide bonds. The van der Waals surface area contributed by atoms with Gasteiger partial charge in [0.2, 0.25) is 0 Å². The monoisotopic (exact) mass is 335 g/mol. The van der Waals surface area contributed by atoms with Crippen molar-refractivity contribution in [2.75, 3.05) is 5.32 Å². The maximum atomic E-state index is 13.7. The van der Waals surface area contributed by atoms with Crippen molar-refractivity contribution in [1.82, 2.24) is 30.2 Å². The van der Waals surface area contributed by atoms with Gasteiger partial charge in [-0.25, -0.2) is 19.0 Å². The second-order valence-corrected chi connectivity index (χ2v) is 5.44. The fourth-order valence-corrected chi connectivity index (χ4v) is 2.34. The quantitative estimate of drug-likeness (QED) is 0.746. The Labute approximate surface area is 136 Å². The second-order valence-electron chi connectivity index (χ2n) is 5.03. The molecule has 1 aromatic carbocycles. The number of hydrogen-bond acceptors (Lipinski definition) is 6. The molecule has 0 radical (unpaired) electrons. The zero-order valence-electron chi connectivity index (χ0n) is 12.5. The van der Waals surface area contributed by atoms with E-state index < -0.39 is 5.82 Å². The Morgan fingerprint density at radius 2 is 2.17 bits per heavy atom. The van der Waals surface area contributed by atoms with E-state index in [0.717, 1.165) is 19.4 Å². The van der Waals surface area contributed by atoms with E-state index in [4.69, 9.17) is 11.6 Å². The van der Waals surface area contributed by atoms with Crippen molar-refractivity contribution in [3.8, 4) is 0 Å². The molecule has 120 valence electrons. The summed E-state index contributed by atoms with van der Waals surface area (Å²) in [6, 6.07) is 2.80. The standard InChI is InChI=1S/C14H15ClFN7/c1-2-3-4-23-13(20-21-22-23)7-17-14-9-5-11(16)10(15)6-12(9)18-8-19-14/h5-6,8H,2-4,7H2,1H3,(H,17,18,19). The molecule has 0 aliphatic heterocycles. The molecule has 0 unspecified atom stereocenters. The highest BCUT2D eigenvalue weighted by molar-refractivity contribution is 6.31. The van der Waals surface area contributed by atoms with Gasteiger partial charge in [0, 0.05) is 11.9 Å². The fourth-order valence-electron chi connectivity index (χ4n) is 2.19. The molecule has 2 aromatic heterocycles. The summed E-state index contributed by atoms with van der Waals surface area (Å²) in [6.45, 7) is 3.25. The topological polar surface area (TPSA) is 81.4 Å². The van der Waals surface area contributed by atoms with Gasteiger partial charge in [-0.3, -0.25) is 0 Å². The number of unbranched alkanes of at least 4 members (excludes halogenated alkanes) is 1. The number of halogens is 2. The maximum Gasteiger partial charge on any atom is 0.170 e. The van der Waals surface area contributed by atoms with E-state index in [1.807, 2.05) is 0 Å². The zero-order valence-corrected chi connectivity index (χ0v) is 13.3. The number of aryl methyl sites for hydroxylation is 1. The van der Waals surface area contributed by atoms with Gasteiger partial charge in [-0.1, -0.05) is 24.9 Å². The maximum absolute atomic E-state index is 13.7. The van der Waals surface area contributed by atoms with Gasteiger partial charge in [-0.2, -0.15) is 0 Å². The van der Waals surface area contributed by atoms with E-state index in [1.165, 1.54) is 18.5 Å². The molecule has 7 nitrogen and oxygen atoms in total. The van der Waals surface area contributed by atoms with E-state index in [9.17, 15) is 4.39 Å². The van der Waals surface area contributed by atoms with Gasteiger partial charge in [0.25, 0.3) is 0 Å². The Morgan fingerprint density at radius 1 is 1.30 bits per heavy atom. The molecule has 0 aliphatic carbocycles. The highest BCUT2D eigenvalue weighted by Crippen LogP contribution is 2.25. The number of benzene rings is 1. The number of anilines is 1. The van der Waals surface area contributed by atoms with Crippen molar-refractivity contribution in [2.24, 2.45) is 0 Å². The third kappa shape index (κ3) is 3.37. The van der Waals surface area contributed by atoms with Gasteiger partial charge in [0.1, 0.15) is 18.0 Å². The lowest BCUT2D eigenvalue weighted by Crippen LogP contribution is -2.11. The van der Waals surface area contributed by atoms with Crippen LogP contribution in [-0.2, 0) is 13.1 Å². The van der Waals surface area contributed by atoms with Crippen molar-refractivity contribution < 1.29 is 4.39 Å². The van der Waals surface area contributed by atoms with Crippen LogP contribution in [0, 0.1) is 5.82 Å². The summed E-state index contributed by atoms with van der Waals surface area (Å²) in [5.74, 6) is 0.694. The predicted molar refractivity (Wildman–Crippen MR) is 84.6 cm³/mol. The molecular formula is C14H15ClFN7. The molecular weight excluding hydrogens is 321 g/mol. The Bertz CT molecular complexity index is 820. The number of nitrogens with zero attached hydrogens (tertiary/aromatic N) is 6. The van der Waals surface area contributed by atoms with Gasteiger partial charge in [-0.05, 0) is 29.0 Å². The molecule has 0 bridgehead atoms. The molecule has 0 spiro atoms. The second kappa shape index (κ2) is 6.82. The van der Waals surface area contributed by atoms with Gasteiger partial charge in [0.15, 0.2) is 5.82 Å². The van der Waals surface area contributed by atoms with Gasteiger partial charge < -0.3 is 5.32 Å². The Morgan fingerprint density at radius 3 is 3.00 bits per heavy atom. The van der Waals surface area contributed by atoms with Gasteiger partial charge in [0.05, 0.1) is 17.1 Å². The molecule has 3 aromatic rings. The summed E-state index contributed by atoms with van der Waals surface area (Å²) < 4.78 is 15.4. The van der Waals surface area contributed by atoms with Crippen LogP contribution in [0.25, 0.3) is 10.9 Å². The molecule has 3 rings (SSSR count). The molecule has 0 saturated heterocycles. The van der Waals surface area contributed by atoms with Crippen molar-refractivity contribution in [3.63, 3.8) is 0 Å². The SMILES string of the molecule is CCCCn1nnnc1CNc1ncnc2cc(Cl)c(F)cc12. The first kappa shape index (κ1) is 15.5. The van der Waals surface area contributed by atoms with E-state index in [2.05, 4.69) is 37.7 Å². The van der Waals surface area contributed by atoms with E-state index >= 15 is 0 Å². The summed E-state index contributed by atoms with van der Waals surface area (Å²) in [7, 11) is 0. The first-order valence-corrected chi connectivity index (χ1v) is 7.65. The minimum atomic E-state index is -0.509. The summed E-state index contributed by atoms with van der Waals surface area (Å²) in [4.78, 5) is 8.26. The first-order valence-electron chi connectivity index (χ1n) is 7.27. The third-order valence-corrected chi connectivity index (χ3v) is 3.71. The largest absolute Gasteiger partial charge is 0.362 e. The molecule has 9 heteroatoms. The average Bonchev–Trinajstić information content (AvgIpc) is 2.99. The number of nitrogens with one attached hydrogen (secondary N) is 1. The molecule has 0 saturated carbocycles. The van der Waals surface area contributed by atoms with Crippen molar-refractivity contribution in [2.45, 2.75) is 32.9 Å². The fraction of sp³-hybridized carbons (Fsp3) is 0.357. The smallest absolute Gasteiger partial charge is 0.170 e. The Balaban J connectivity index is 1.82. The summed E-state index contributed by atoms with van der Waals surface area (Å²) in [5, 5.41) is 15.4. The average molecular weight is 336 g/mol. The summed E-state index contributed by atoms with van der Waals surface area (Å²) in [5.41, 5.74) is 0.569. The number of fused-ring (bicyclic) bond motifs is 1.